The van der Waals surface area contributed by atoms with Gasteiger partial charge in [0.05, 0.1) is 0 Å². The quantitative estimate of drug-likeness (QED) is 0.885. The Kier molecular flexibility index (Phi) is 4.42. The van der Waals surface area contributed by atoms with Crippen LogP contribution in [0.5, 0.6) is 0 Å². The van der Waals surface area contributed by atoms with Crippen molar-refractivity contribution >= 4 is 33.6 Å². The third-order valence-corrected chi connectivity index (χ3v) is 3.25. The van der Waals surface area contributed by atoms with Crippen LogP contribution in [0.1, 0.15) is 40.9 Å². The maximum absolute atomic E-state index is 12.3. The van der Waals surface area contributed by atoms with Gasteiger partial charge in [-0.05, 0) is 48.0 Å². The Morgan fingerprint density at radius 1 is 1.38 bits per heavy atom. The van der Waals surface area contributed by atoms with Gasteiger partial charge in [0.15, 0.2) is 5.69 Å². The lowest BCUT2D eigenvalue weighted by atomic mass is 10.3. The lowest BCUT2D eigenvalue weighted by Gasteiger charge is -2.12. The van der Waals surface area contributed by atoms with Gasteiger partial charge in [-0.1, -0.05) is 6.07 Å². The zero-order valence-electron chi connectivity index (χ0n) is 11.5. The van der Waals surface area contributed by atoms with E-state index in [1.165, 1.54) is 12.1 Å². The number of anilines is 1. The average molecular weight is 352 g/mol. The van der Waals surface area contributed by atoms with Gasteiger partial charge in [0, 0.05) is 16.7 Å². The van der Waals surface area contributed by atoms with E-state index in [1.807, 2.05) is 24.6 Å². The van der Waals surface area contributed by atoms with Crippen molar-refractivity contribution in [3.05, 3.63) is 46.3 Å². The number of halogens is 1. The summed E-state index contributed by atoms with van der Waals surface area (Å²) in [5.41, 5.74) is 0.354. The molecule has 0 aromatic carbocycles. The van der Waals surface area contributed by atoms with E-state index in [0.29, 0.717) is 5.69 Å². The summed E-state index contributed by atoms with van der Waals surface area (Å²) in [6.45, 7) is 3.93. The predicted molar refractivity (Wildman–Crippen MR) is 81.7 cm³/mol. The van der Waals surface area contributed by atoms with Gasteiger partial charge in [-0.2, -0.15) is 0 Å². The summed E-state index contributed by atoms with van der Waals surface area (Å²) < 4.78 is 2.62. The number of carbonyl (C=O) groups is 2. The van der Waals surface area contributed by atoms with E-state index in [9.17, 15) is 9.59 Å². The molecule has 0 unspecified atom stereocenters. The smallest absolute Gasteiger partial charge is 0.354 e. The van der Waals surface area contributed by atoms with Crippen molar-refractivity contribution in [1.29, 1.82) is 0 Å². The highest BCUT2D eigenvalue weighted by molar-refractivity contribution is 9.10. The van der Waals surface area contributed by atoms with E-state index in [2.05, 4.69) is 26.2 Å². The molecule has 0 spiro atoms. The van der Waals surface area contributed by atoms with Crippen molar-refractivity contribution in [3.63, 3.8) is 0 Å². The number of rotatable bonds is 4. The zero-order valence-corrected chi connectivity index (χ0v) is 13.1. The Labute approximate surface area is 129 Å². The summed E-state index contributed by atoms with van der Waals surface area (Å²) in [7, 11) is 0. The first kappa shape index (κ1) is 15.2. The molecule has 0 radical (unpaired) electrons. The Morgan fingerprint density at radius 2 is 2.10 bits per heavy atom. The van der Waals surface area contributed by atoms with Crippen LogP contribution in [0.25, 0.3) is 0 Å². The topological polar surface area (TPSA) is 84.2 Å². The molecule has 2 heterocycles. The molecule has 2 rings (SSSR count). The Morgan fingerprint density at radius 3 is 2.71 bits per heavy atom. The Balaban J connectivity index is 2.26. The van der Waals surface area contributed by atoms with E-state index >= 15 is 0 Å². The van der Waals surface area contributed by atoms with Gasteiger partial charge in [0.25, 0.3) is 5.91 Å². The highest BCUT2D eigenvalue weighted by Crippen LogP contribution is 2.20. The van der Waals surface area contributed by atoms with E-state index < -0.39 is 5.97 Å². The van der Waals surface area contributed by atoms with Crippen LogP contribution < -0.4 is 5.32 Å². The number of carboxylic acids is 1. The number of amides is 1. The molecule has 7 heteroatoms. The molecule has 0 aliphatic carbocycles. The number of carbonyl (C=O) groups excluding carboxylic acids is 1. The molecule has 0 bridgehead atoms. The van der Waals surface area contributed by atoms with Crippen molar-refractivity contribution in [1.82, 2.24) is 9.55 Å². The molecule has 0 saturated carbocycles. The molecule has 110 valence electrons. The largest absolute Gasteiger partial charge is 0.477 e. The number of aromatic nitrogens is 2. The Bertz CT molecular complexity index is 695. The van der Waals surface area contributed by atoms with Gasteiger partial charge < -0.3 is 15.0 Å². The number of nitrogens with one attached hydrogen (secondary N) is 1. The van der Waals surface area contributed by atoms with Crippen LogP contribution in [0.3, 0.4) is 0 Å². The Hall–Kier alpha value is -2.15. The van der Waals surface area contributed by atoms with Crippen LogP contribution in [0.4, 0.5) is 5.82 Å². The van der Waals surface area contributed by atoms with E-state index in [-0.39, 0.29) is 23.5 Å². The zero-order chi connectivity index (χ0) is 15.6. The van der Waals surface area contributed by atoms with Crippen molar-refractivity contribution < 1.29 is 14.7 Å². The summed E-state index contributed by atoms with van der Waals surface area (Å²) in [6.07, 6.45) is 1.82. The second-order valence-electron chi connectivity index (χ2n) is 4.71. The fourth-order valence-electron chi connectivity index (χ4n) is 1.86. The third-order valence-electron chi connectivity index (χ3n) is 2.81. The molecule has 0 fully saturated rings. The lowest BCUT2D eigenvalue weighted by Crippen LogP contribution is -2.18. The molecule has 0 aliphatic rings. The van der Waals surface area contributed by atoms with Crippen LogP contribution in [0.15, 0.2) is 34.9 Å². The normalized spacial score (nSPS) is 10.7. The SMILES string of the molecule is CC(C)n1cc(Br)cc1C(=O)Nc1cccc(C(=O)O)n1. The molecular weight excluding hydrogens is 338 g/mol. The highest BCUT2D eigenvalue weighted by atomic mass is 79.9. The number of aromatic carboxylic acids is 1. The highest BCUT2D eigenvalue weighted by Gasteiger charge is 2.16. The number of carboxylic acid groups (broad SMARTS) is 1. The van der Waals surface area contributed by atoms with E-state index in [0.717, 1.165) is 4.47 Å². The number of nitrogens with zero attached hydrogens (tertiary/aromatic N) is 2. The fraction of sp³-hybridized carbons (Fsp3) is 0.214. The van der Waals surface area contributed by atoms with Gasteiger partial charge in [-0.15, -0.1) is 0 Å². The van der Waals surface area contributed by atoms with Gasteiger partial charge in [0.2, 0.25) is 0 Å². The molecule has 6 nitrogen and oxygen atoms in total. The van der Waals surface area contributed by atoms with Crippen LogP contribution in [0, 0.1) is 0 Å². The number of hydrogen-bond donors (Lipinski definition) is 2. The van der Waals surface area contributed by atoms with Crippen LogP contribution in [0.2, 0.25) is 0 Å². The summed E-state index contributed by atoms with van der Waals surface area (Å²) >= 11 is 3.34. The van der Waals surface area contributed by atoms with Crippen LogP contribution in [-0.2, 0) is 0 Å². The number of hydrogen-bond acceptors (Lipinski definition) is 3. The van der Waals surface area contributed by atoms with Gasteiger partial charge >= 0.3 is 5.97 Å². The maximum Gasteiger partial charge on any atom is 0.354 e. The fourth-order valence-corrected chi connectivity index (χ4v) is 2.30. The third kappa shape index (κ3) is 3.49. The molecule has 2 aromatic rings. The van der Waals surface area contributed by atoms with Crippen molar-refractivity contribution in [2.24, 2.45) is 0 Å². The second-order valence-corrected chi connectivity index (χ2v) is 5.63. The first-order chi connectivity index (χ1) is 9.88. The molecule has 0 atom stereocenters. The second kappa shape index (κ2) is 6.09. The predicted octanol–water partition coefficient (Wildman–Crippen LogP) is 3.18. The molecular formula is C14H14BrN3O3. The van der Waals surface area contributed by atoms with E-state index in [4.69, 9.17) is 5.11 Å². The summed E-state index contributed by atoms with van der Waals surface area (Å²) in [6, 6.07) is 6.27. The van der Waals surface area contributed by atoms with Crippen LogP contribution >= 0.6 is 15.9 Å². The van der Waals surface area contributed by atoms with Crippen molar-refractivity contribution in [3.8, 4) is 0 Å². The monoisotopic (exact) mass is 351 g/mol. The van der Waals surface area contributed by atoms with Gasteiger partial charge in [0.1, 0.15) is 11.5 Å². The minimum Gasteiger partial charge on any atom is -0.477 e. The minimum atomic E-state index is -1.14. The first-order valence-electron chi connectivity index (χ1n) is 6.27. The van der Waals surface area contributed by atoms with Crippen molar-refractivity contribution in [2.75, 3.05) is 5.32 Å². The minimum absolute atomic E-state index is 0.117. The molecule has 0 saturated heterocycles. The van der Waals surface area contributed by atoms with Gasteiger partial charge in [-0.3, -0.25) is 4.79 Å². The maximum atomic E-state index is 12.3. The first-order valence-corrected chi connectivity index (χ1v) is 7.07. The van der Waals surface area contributed by atoms with Crippen LogP contribution in [-0.4, -0.2) is 26.5 Å². The molecule has 2 N–H and O–H groups in total. The number of pyridine rings is 1. The average Bonchev–Trinajstić information content (AvgIpc) is 2.81. The molecule has 1 amide bonds. The van der Waals surface area contributed by atoms with Gasteiger partial charge in [-0.25, -0.2) is 9.78 Å². The summed E-state index contributed by atoms with van der Waals surface area (Å²) in [5.74, 6) is -1.28. The molecule has 0 aliphatic heterocycles. The van der Waals surface area contributed by atoms with E-state index in [1.54, 1.807) is 12.1 Å². The van der Waals surface area contributed by atoms with Crippen molar-refractivity contribution in [2.45, 2.75) is 19.9 Å². The lowest BCUT2D eigenvalue weighted by molar-refractivity contribution is 0.0690. The summed E-state index contributed by atoms with van der Waals surface area (Å²) in [4.78, 5) is 27.0. The standard InChI is InChI=1S/C14H14BrN3O3/c1-8(2)18-7-9(15)6-11(18)13(19)17-12-5-3-4-10(16-12)14(20)21/h3-8H,1-2H3,(H,20,21)(H,16,17,19). The molecule has 21 heavy (non-hydrogen) atoms. The summed E-state index contributed by atoms with van der Waals surface area (Å²) in [5, 5.41) is 11.5. The molecule has 2 aromatic heterocycles.